The number of aryl methyl sites for hydroxylation is 1. The average molecular weight is 336 g/mol. The largest absolute Gasteiger partial charge is 0.488 e. The van der Waals surface area contributed by atoms with Gasteiger partial charge in [-0.1, -0.05) is 6.07 Å². The third-order valence-electron chi connectivity index (χ3n) is 3.32. The number of ether oxygens (including phenoxy) is 1. The summed E-state index contributed by atoms with van der Waals surface area (Å²) in [7, 11) is 1.90. The number of hydrogen-bond donors (Lipinski definition) is 1. The van der Waals surface area contributed by atoms with E-state index >= 15 is 0 Å². The van der Waals surface area contributed by atoms with Crippen molar-refractivity contribution in [1.82, 2.24) is 15.1 Å². The van der Waals surface area contributed by atoms with Crippen LogP contribution in [0.25, 0.3) is 0 Å². The third-order valence-corrected chi connectivity index (χ3v) is 3.94. The smallest absolute Gasteiger partial charge is 0.134 e. The summed E-state index contributed by atoms with van der Waals surface area (Å²) in [4.78, 5) is 0. The van der Waals surface area contributed by atoms with E-state index in [4.69, 9.17) is 4.74 Å². The number of hydrogen-bond acceptors (Lipinski definition) is 3. The summed E-state index contributed by atoms with van der Waals surface area (Å²) in [6.45, 7) is 1.46. The molecule has 3 rings (SSSR count). The Labute approximate surface area is 127 Å². The van der Waals surface area contributed by atoms with Crippen molar-refractivity contribution in [1.29, 1.82) is 0 Å². The lowest BCUT2D eigenvalue weighted by atomic mass is 10.2. The van der Waals surface area contributed by atoms with Crippen molar-refractivity contribution in [3.63, 3.8) is 0 Å². The van der Waals surface area contributed by atoms with E-state index in [1.54, 1.807) is 4.68 Å². The molecule has 0 spiro atoms. The zero-order chi connectivity index (χ0) is 13.9. The fourth-order valence-corrected chi connectivity index (χ4v) is 2.57. The Balaban J connectivity index is 1.58. The molecule has 1 aromatic heterocycles. The summed E-state index contributed by atoms with van der Waals surface area (Å²) >= 11 is 3.57. The van der Waals surface area contributed by atoms with Gasteiger partial charge in [-0.3, -0.25) is 4.68 Å². The maximum absolute atomic E-state index is 5.81. The predicted molar refractivity (Wildman–Crippen MR) is 81.5 cm³/mol. The van der Waals surface area contributed by atoms with E-state index in [1.807, 2.05) is 25.5 Å². The van der Waals surface area contributed by atoms with Crippen LogP contribution in [0.1, 0.15) is 24.0 Å². The van der Waals surface area contributed by atoms with Gasteiger partial charge in [0.1, 0.15) is 12.4 Å². The second kappa shape index (κ2) is 5.97. The Morgan fingerprint density at radius 2 is 2.25 bits per heavy atom. The summed E-state index contributed by atoms with van der Waals surface area (Å²) < 4.78 is 8.58. The molecule has 0 amide bonds. The van der Waals surface area contributed by atoms with Gasteiger partial charge in [0.05, 0.1) is 10.7 Å². The van der Waals surface area contributed by atoms with Crippen LogP contribution in [0.5, 0.6) is 5.75 Å². The summed E-state index contributed by atoms with van der Waals surface area (Å²) in [5.41, 5.74) is 2.34. The standard InChI is InChI=1S/C15H18BrN3O/c1-19-9-12(8-18-19)10-20-15-5-2-11(6-14(15)16)7-17-13-3-4-13/h2,5-6,8-9,13,17H,3-4,7,10H2,1H3. The predicted octanol–water partition coefficient (Wildman–Crippen LogP) is 3.01. The van der Waals surface area contributed by atoms with Crippen molar-refractivity contribution in [2.45, 2.75) is 32.0 Å². The maximum atomic E-state index is 5.81. The highest BCUT2D eigenvalue weighted by molar-refractivity contribution is 9.10. The Hall–Kier alpha value is -1.33. The molecule has 1 aliphatic rings. The number of benzene rings is 1. The van der Waals surface area contributed by atoms with Gasteiger partial charge in [-0.25, -0.2) is 0 Å². The molecule has 1 aliphatic carbocycles. The lowest BCUT2D eigenvalue weighted by Crippen LogP contribution is -2.15. The van der Waals surface area contributed by atoms with Crippen LogP contribution in [0.15, 0.2) is 35.1 Å². The van der Waals surface area contributed by atoms with Crippen molar-refractivity contribution in [2.24, 2.45) is 7.05 Å². The monoisotopic (exact) mass is 335 g/mol. The van der Waals surface area contributed by atoms with E-state index in [0.717, 1.165) is 28.4 Å². The molecule has 0 radical (unpaired) electrons. The van der Waals surface area contributed by atoms with Gasteiger partial charge in [0, 0.05) is 31.4 Å². The molecule has 1 aromatic carbocycles. The van der Waals surface area contributed by atoms with Crippen LogP contribution < -0.4 is 10.1 Å². The summed E-state index contributed by atoms with van der Waals surface area (Å²) in [5.74, 6) is 0.865. The molecular formula is C15H18BrN3O. The first-order chi connectivity index (χ1) is 9.70. The minimum Gasteiger partial charge on any atom is -0.488 e. The van der Waals surface area contributed by atoms with Gasteiger partial charge in [-0.2, -0.15) is 5.10 Å². The molecule has 4 nitrogen and oxygen atoms in total. The minimum absolute atomic E-state index is 0.534. The first kappa shape index (κ1) is 13.6. The Kier molecular flexibility index (Phi) is 4.08. The van der Waals surface area contributed by atoms with Gasteiger partial charge < -0.3 is 10.1 Å². The highest BCUT2D eigenvalue weighted by atomic mass is 79.9. The van der Waals surface area contributed by atoms with Crippen molar-refractivity contribution >= 4 is 15.9 Å². The lowest BCUT2D eigenvalue weighted by molar-refractivity contribution is 0.304. The van der Waals surface area contributed by atoms with Gasteiger partial charge >= 0.3 is 0 Å². The van der Waals surface area contributed by atoms with Crippen LogP contribution in [0, 0.1) is 0 Å². The Bertz CT molecular complexity index is 593. The molecule has 5 heteroatoms. The van der Waals surface area contributed by atoms with Crippen molar-refractivity contribution < 1.29 is 4.74 Å². The molecule has 0 aliphatic heterocycles. The maximum Gasteiger partial charge on any atom is 0.134 e. The van der Waals surface area contributed by atoms with Crippen molar-refractivity contribution in [3.8, 4) is 5.75 Å². The average Bonchev–Trinajstić information content (AvgIpc) is 3.17. The summed E-state index contributed by atoms with van der Waals surface area (Å²) in [6.07, 6.45) is 6.41. The molecule has 1 heterocycles. The molecular weight excluding hydrogens is 318 g/mol. The van der Waals surface area contributed by atoms with Crippen LogP contribution >= 0.6 is 15.9 Å². The molecule has 1 saturated carbocycles. The van der Waals surface area contributed by atoms with Crippen LogP contribution in [0.3, 0.4) is 0 Å². The first-order valence-corrected chi connectivity index (χ1v) is 7.62. The Morgan fingerprint density at radius 1 is 1.40 bits per heavy atom. The molecule has 0 atom stereocenters. The highest BCUT2D eigenvalue weighted by Crippen LogP contribution is 2.27. The summed E-state index contributed by atoms with van der Waals surface area (Å²) in [6, 6.07) is 6.98. The van der Waals surface area contributed by atoms with Crippen molar-refractivity contribution in [3.05, 3.63) is 46.2 Å². The van der Waals surface area contributed by atoms with E-state index in [2.05, 4.69) is 38.5 Å². The van der Waals surface area contributed by atoms with Gasteiger partial charge in [-0.15, -0.1) is 0 Å². The van der Waals surface area contributed by atoms with Gasteiger partial charge in [0.25, 0.3) is 0 Å². The zero-order valence-corrected chi connectivity index (χ0v) is 13.1. The number of nitrogens with one attached hydrogen (secondary N) is 1. The molecule has 1 N–H and O–H groups in total. The molecule has 2 aromatic rings. The van der Waals surface area contributed by atoms with E-state index in [1.165, 1.54) is 18.4 Å². The van der Waals surface area contributed by atoms with Crippen LogP contribution in [0.4, 0.5) is 0 Å². The van der Waals surface area contributed by atoms with Gasteiger partial charge in [0.15, 0.2) is 0 Å². The van der Waals surface area contributed by atoms with E-state index < -0.39 is 0 Å². The number of aromatic nitrogens is 2. The van der Waals surface area contributed by atoms with Crippen molar-refractivity contribution in [2.75, 3.05) is 0 Å². The van der Waals surface area contributed by atoms with E-state index in [9.17, 15) is 0 Å². The second-order valence-electron chi connectivity index (χ2n) is 5.23. The quantitative estimate of drug-likeness (QED) is 0.881. The van der Waals surface area contributed by atoms with Crippen LogP contribution in [-0.4, -0.2) is 15.8 Å². The molecule has 0 saturated heterocycles. The second-order valence-corrected chi connectivity index (χ2v) is 6.09. The SMILES string of the molecule is Cn1cc(COc2ccc(CNC3CC3)cc2Br)cn1. The molecule has 1 fully saturated rings. The number of halogens is 1. The fourth-order valence-electron chi connectivity index (χ4n) is 2.03. The molecule has 0 unspecified atom stereocenters. The van der Waals surface area contributed by atoms with Crippen LogP contribution in [0.2, 0.25) is 0 Å². The molecule has 20 heavy (non-hydrogen) atoms. The Morgan fingerprint density at radius 3 is 2.90 bits per heavy atom. The molecule has 0 bridgehead atoms. The number of rotatable bonds is 6. The van der Waals surface area contributed by atoms with Gasteiger partial charge in [0.2, 0.25) is 0 Å². The number of nitrogens with zero attached hydrogens (tertiary/aromatic N) is 2. The third kappa shape index (κ3) is 3.61. The minimum atomic E-state index is 0.534. The zero-order valence-electron chi connectivity index (χ0n) is 11.5. The van der Waals surface area contributed by atoms with Crippen LogP contribution in [-0.2, 0) is 20.2 Å². The first-order valence-electron chi connectivity index (χ1n) is 6.83. The lowest BCUT2D eigenvalue weighted by Gasteiger charge is -2.09. The normalized spacial score (nSPS) is 14.5. The van der Waals surface area contributed by atoms with E-state index in [-0.39, 0.29) is 0 Å². The topological polar surface area (TPSA) is 39.1 Å². The molecule has 106 valence electrons. The van der Waals surface area contributed by atoms with E-state index in [0.29, 0.717) is 6.61 Å². The fraction of sp³-hybridized carbons (Fsp3) is 0.400. The van der Waals surface area contributed by atoms with Gasteiger partial charge in [-0.05, 0) is 46.5 Å². The summed E-state index contributed by atoms with van der Waals surface area (Å²) in [5, 5.41) is 7.64. The highest BCUT2D eigenvalue weighted by Gasteiger charge is 2.20.